The van der Waals surface area contributed by atoms with Gasteiger partial charge in [0, 0.05) is 25.7 Å². The number of rotatable bonds is 73. The number of carbonyl (C=O) groups excluding carboxylic acids is 4. The molecule has 93 heavy (non-hydrogen) atoms. The molecule has 0 spiro atoms. The number of hydrogen-bond acceptors (Lipinski definition) is 15. The number of unbranched alkanes of at least 4 members (excludes halogenated alkanes) is 43. The van der Waals surface area contributed by atoms with Crippen LogP contribution in [-0.4, -0.2) is 96.7 Å². The molecule has 0 aliphatic carbocycles. The van der Waals surface area contributed by atoms with Crippen LogP contribution in [0.3, 0.4) is 0 Å². The standard InChI is InChI=1S/C74H144O17P2/c1-7-9-11-13-15-17-18-19-23-26-33-39-45-51-57-72(77)85-63-70(90-73(78)58-52-46-40-34-27-24-21-20-22-25-31-36-42-48-54-66(3)4)65-89-93(82,83)87-61-68(75)60-86-92(80,81)88-64-69(62-84-71(76)56-50-44-38-30-16-14-12-10-8-2)91-74(79)59-53-47-41-35-29-28-32-37-43-49-55-67(5)6/h66-70,75H,7-65H2,1-6H3,(H,80,81)(H,82,83)/t68-,69+,70+/m0/s1. The van der Waals surface area contributed by atoms with Gasteiger partial charge in [0.05, 0.1) is 26.4 Å². The van der Waals surface area contributed by atoms with Gasteiger partial charge in [0.1, 0.15) is 19.3 Å². The molecule has 0 aliphatic rings. The topological polar surface area (TPSA) is 237 Å². The lowest BCUT2D eigenvalue weighted by atomic mass is 10.0. The highest BCUT2D eigenvalue weighted by Gasteiger charge is 2.30. The Labute approximate surface area is 568 Å². The molecule has 0 aromatic rings. The maximum absolute atomic E-state index is 13.1. The van der Waals surface area contributed by atoms with E-state index in [9.17, 15) is 43.2 Å². The van der Waals surface area contributed by atoms with Crippen molar-refractivity contribution in [1.29, 1.82) is 0 Å². The zero-order chi connectivity index (χ0) is 68.6. The lowest BCUT2D eigenvalue weighted by molar-refractivity contribution is -0.161. The molecule has 0 heterocycles. The number of hydrogen-bond donors (Lipinski definition) is 3. The second-order valence-electron chi connectivity index (χ2n) is 27.6. The van der Waals surface area contributed by atoms with Crippen molar-refractivity contribution < 1.29 is 80.2 Å². The molecule has 17 nitrogen and oxygen atoms in total. The molecule has 0 amide bonds. The van der Waals surface area contributed by atoms with Gasteiger partial charge in [0.15, 0.2) is 12.2 Å². The molecule has 0 aliphatic heterocycles. The highest BCUT2D eigenvalue weighted by molar-refractivity contribution is 7.47. The van der Waals surface area contributed by atoms with Crippen molar-refractivity contribution in [3.8, 4) is 0 Å². The first-order valence-corrected chi connectivity index (χ1v) is 41.5. The molecule has 0 rings (SSSR count). The van der Waals surface area contributed by atoms with Gasteiger partial charge in [-0.05, 0) is 37.5 Å². The molecule has 0 bridgehead atoms. The van der Waals surface area contributed by atoms with Gasteiger partial charge in [0.2, 0.25) is 0 Å². The monoisotopic (exact) mass is 1370 g/mol. The van der Waals surface area contributed by atoms with E-state index in [-0.39, 0.29) is 25.7 Å². The molecule has 0 saturated heterocycles. The molecular formula is C74H144O17P2. The summed E-state index contributed by atoms with van der Waals surface area (Å²) in [6, 6.07) is 0. The first-order valence-electron chi connectivity index (χ1n) is 38.5. The van der Waals surface area contributed by atoms with Crippen molar-refractivity contribution in [2.45, 2.75) is 400 Å². The van der Waals surface area contributed by atoms with Gasteiger partial charge >= 0.3 is 39.5 Å². The molecule has 552 valence electrons. The SMILES string of the molecule is CCCCCCCCCCCCCCCCC(=O)OC[C@H](COP(=O)(O)OC[C@@H](O)COP(=O)(O)OC[C@@H](COC(=O)CCCCCCCCCCC)OC(=O)CCCCCCCCCCCCC(C)C)OC(=O)CCCCCCCCCCCCCCCCC(C)C. The fourth-order valence-corrected chi connectivity index (χ4v) is 12.9. The first kappa shape index (κ1) is 91.1. The van der Waals surface area contributed by atoms with Crippen LogP contribution < -0.4 is 0 Å². The van der Waals surface area contributed by atoms with Crippen molar-refractivity contribution >= 4 is 39.5 Å². The third kappa shape index (κ3) is 68.4. The number of aliphatic hydroxyl groups is 1. The first-order chi connectivity index (χ1) is 44.9. The third-order valence-electron chi connectivity index (χ3n) is 17.2. The van der Waals surface area contributed by atoms with Crippen molar-refractivity contribution in [3.05, 3.63) is 0 Å². The minimum atomic E-state index is -4.95. The zero-order valence-corrected chi connectivity index (χ0v) is 62.3. The highest BCUT2D eigenvalue weighted by Crippen LogP contribution is 2.45. The second kappa shape index (κ2) is 66.0. The third-order valence-corrected chi connectivity index (χ3v) is 19.1. The van der Waals surface area contributed by atoms with E-state index < -0.39 is 97.5 Å². The minimum Gasteiger partial charge on any atom is -0.462 e. The van der Waals surface area contributed by atoms with Crippen LogP contribution in [0.4, 0.5) is 0 Å². The smallest absolute Gasteiger partial charge is 0.462 e. The predicted octanol–water partition coefficient (Wildman–Crippen LogP) is 21.6. The summed E-state index contributed by atoms with van der Waals surface area (Å²) in [7, 11) is -9.91. The van der Waals surface area contributed by atoms with Gasteiger partial charge in [-0.2, -0.15) is 0 Å². The van der Waals surface area contributed by atoms with Gasteiger partial charge in [-0.15, -0.1) is 0 Å². The summed E-state index contributed by atoms with van der Waals surface area (Å²) >= 11 is 0. The number of aliphatic hydroxyl groups excluding tert-OH is 1. The van der Waals surface area contributed by atoms with Crippen molar-refractivity contribution in [3.63, 3.8) is 0 Å². The quantitative estimate of drug-likeness (QED) is 0.0222. The molecule has 0 radical (unpaired) electrons. The van der Waals surface area contributed by atoms with Crippen LogP contribution in [0.15, 0.2) is 0 Å². The van der Waals surface area contributed by atoms with Crippen molar-refractivity contribution in [1.82, 2.24) is 0 Å². The van der Waals surface area contributed by atoms with E-state index in [1.54, 1.807) is 0 Å². The normalized spacial score (nSPS) is 14.1. The van der Waals surface area contributed by atoms with E-state index in [1.165, 1.54) is 199 Å². The summed E-state index contributed by atoms with van der Waals surface area (Å²) in [4.78, 5) is 72.7. The zero-order valence-electron chi connectivity index (χ0n) is 60.6. The number of ether oxygens (including phenoxy) is 4. The van der Waals surface area contributed by atoms with Crippen LogP contribution in [0.1, 0.15) is 382 Å². The van der Waals surface area contributed by atoms with Crippen LogP contribution in [0.25, 0.3) is 0 Å². The summed E-state index contributed by atoms with van der Waals surface area (Å²) in [5.74, 6) is -0.571. The molecule has 3 N–H and O–H groups in total. The molecule has 0 saturated carbocycles. The predicted molar refractivity (Wildman–Crippen MR) is 377 cm³/mol. The Morgan fingerprint density at radius 1 is 0.290 bits per heavy atom. The Morgan fingerprint density at radius 2 is 0.495 bits per heavy atom. The summed E-state index contributed by atoms with van der Waals surface area (Å²) in [5.41, 5.74) is 0. The van der Waals surface area contributed by atoms with Gasteiger partial charge in [-0.1, -0.05) is 330 Å². The van der Waals surface area contributed by atoms with E-state index in [2.05, 4.69) is 41.5 Å². The molecule has 2 unspecified atom stereocenters. The number of esters is 4. The lowest BCUT2D eigenvalue weighted by Gasteiger charge is -2.21. The van der Waals surface area contributed by atoms with Gasteiger partial charge in [0.25, 0.3) is 0 Å². The molecule has 0 fully saturated rings. The fraction of sp³-hybridized carbons (Fsp3) is 0.946. The molecule has 0 aromatic heterocycles. The van der Waals surface area contributed by atoms with Crippen LogP contribution in [0.5, 0.6) is 0 Å². The molecular weight excluding hydrogens is 1220 g/mol. The van der Waals surface area contributed by atoms with Gasteiger partial charge in [-0.3, -0.25) is 37.3 Å². The highest BCUT2D eigenvalue weighted by atomic mass is 31.2. The molecule has 19 heteroatoms. The number of phosphoric acid groups is 2. The van der Waals surface area contributed by atoms with Crippen LogP contribution in [0.2, 0.25) is 0 Å². The largest absolute Gasteiger partial charge is 0.472 e. The fourth-order valence-electron chi connectivity index (χ4n) is 11.3. The number of carbonyl (C=O) groups is 4. The van der Waals surface area contributed by atoms with Gasteiger partial charge in [-0.25, -0.2) is 9.13 Å². The maximum Gasteiger partial charge on any atom is 0.472 e. The Bertz CT molecular complexity index is 1800. The van der Waals surface area contributed by atoms with Crippen molar-refractivity contribution in [2.75, 3.05) is 39.6 Å². The molecule has 0 aromatic carbocycles. The lowest BCUT2D eigenvalue weighted by Crippen LogP contribution is -2.30. The van der Waals surface area contributed by atoms with Crippen LogP contribution in [0, 0.1) is 11.8 Å². The van der Waals surface area contributed by atoms with E-state index in [0.717, 1.165) is 102 Å². The Hall–Kier alpha value is -1.94. The minimum absolute atomic E-state index is 0.106. The summed E-state index contributed by atoms with van der Waals surface area (Å²) in [6.45, 7) is 9.58. The molecule has 5 atom stereocenters. The van der Waals surface area contributed by atoms with E-state index in [4.69, 9.17) is 37.0 Å². The summed E-state index contributed by atoms with van der Waals surface area (Å²) < 4.78 is 68.4. The average molecular weight is 1370 g/mol. The van der Waals surface area contributed by atoms with Crippen molar-refractivity contribution in [2.24, 2.45) is 11.8 Å². The second-order valence-corrected chi connectivity index (χ2v) is 30.5. The van der Waals surface area contributed by atoms with Crippen LogP contribution in [-0.2, 0) is 65.4 Å². The van der Waals surface area contributed by atoms with E-state index in [0.29, 0.717) is 25.7 Å². The van der Waals surface area contributed by atoms with Gasteiger partial charge < -0.3 is 33.8 Å². The van der Waals surface area contributed by atoms with Crippen LogP contribution >= 0.6 is 15.6 Å². The number of phosphoric ester groups is 2. The Kier molecular flexibility index (Phi) is 64.6. The summed E-state index contributed by atoms with van der Waals surface area (Å²) in [5, 5.41) is 10.6. The average Bonchev–Trinajstić information content (AvgIpc) is 1.93. The Balaban J connectivity index is 5.24. The summed E-state index contributed by atoms with van der Waals surface area (Å²) in [6.07, 6.45) is 52.6. The Morgan fingerprint density at radius 3 is 0.731 bits per heavy atom. The van der Waals surface area contributed by atoms with E-state index >= 15 is 0 Å². The maximum atomic E-state index is 13.1. The van der Waals surface area contributed by atoms with E-state index in [1.807, 2.05) is 0 Å².